The Kier molecular flexibility index (Phi) is 7.07. The molecule has 1 aliphatic heterocycles. The maximum atomic E-state index is 13.3. The summed E-state index contributed by atoms with van der Waals surface area (Å²) < 4.78 is 18.8. The number of ether oxygens (including phenoxy) is 1. The van der Waals surface area contributed by atoms with E-state index in [-0.39, 0.29) is 16.9 Å². The Balaban J connectivity index is 2.05. The van der Waals surface area contributed by atoms with Crippen molar-refractivity contribution in [1.82, 2.24) is 9.80 Å². The molecule has 0 radical (unpaired) electrons. The van der Waals surface area contributed by atoms with Gasteiger partial charge in [0.05, 0.1) is 18.2 Å². The first-order valence-electron chi connectivity index (χ1n) is 10.2. The molecule has 0 unspecified atom stereocenters. The van der Waals surface area contributed by atoms with Gasteiger partial charge in [-0.15, -0.1) is 0 Å². The van der Waals surface area contributed by atoms with Crippen molar-refractivity contribution in [2.45, 2.75) is 19.4 Å². The van der Waals surface area contributed by atoms with Gasteiger partial charge in [-0.1, -0.05) is 12.1 Å². The van der Waals surface area contributed by atoms with Gasteiger partial charge in [0.2, 0.25) is 0 Å². The molecular weight excluding hydrogens is 399 g/mol. The fourth-order valence-electron chi connectivity index (χ4n) is 3.69. The van der Waals surface area contributed by atoms with Crippen LogP contribution in [0.2, 0.25) is 0 Å². The van der Waals surface area contributed by atoms with Crippen LogP contribution in [0.25, 0.3) is 5.76 Å². The van der Waals surface area contributed by atoms with Crippen LogP contribution in [0.15, 0.2) is 54.1 Å². The van der Waals surface area contributed by atoms with Gasteiger partial charge in [-0.2, -0.15) is 0 Å². The van der Waals surface area contributed by atoms with Crippen LogP contribution in [-0.4, -0.2) is 60.4 Å². The number of aliphatic hydroxyl groups is 1. The maximum Gasteiger partial charge on any atom is 0.295 e. The van der Waals surface area contributed by atoms with Crippen molar-refractivity contribution in [3.05, 3.63) is 71.0 Å². The second-order valence-corrected chi connectivity index (χ2v) is 7.66. The van der Waals surface area contributed by atoms with Crippen molar-refractivity contribution in [2.24, 2.45) is 0 Å². The number of benzene rings is 2. The largest absolute Gasteiger partial charge is 0.507 e. The molecule has 164 valence electrons. The number of hydrogen-bond acceptors (Lipinski definition) is 5. The summed E-state index contributed by atoms with van der Waals surface area (Å²) in [7, 11) is 3.87. The fourth-order valence-corrected chi connectivity index (χ4v) is 3.69. The molecule has 6 nitrogen and oxygen atoms in total. The lowest BCUT2D eigenvalue weighted by Crippen LogP contribution is -2.32. The summed E-state index contributed by atoms with van der Waals surface area (Å²) in [6, 6.07) is 11.6. The van der Waals surface area contributed by atoms with E-state index in [0.29, 0.717) is 30.9 Å². The van der Waals surface area contributed by atoms with E-state index in [2.05, 4.69) is 0 Å². The second-order valence-electron chi connectivity index (χ2n) is 7.66. The number of ketones is 1. The third-order valence-corrected chi connectivity index (χ3v) is 5.17. The van der Waals surface area contributed by atoms with Crippen LogP contribution in [0.5, 0.6) is 5.75 Å². The molecule has 1 N–H and O–H groups in total. The highest BCUT2D eigenvalue weighted by molar-refractivity contribution is 6.46. The standard InChI is InChI=1S/C24H27FN2O4/c1-4-31-19-12-8-16(9-13-19)21-20(22(28)17-6-10-18(25)11-7-17)23(29)24(30)27(21)15-5-14-26(2)3/h6-13,21,28H,4-5,14-15H2,1-3H3/t21-/m1/s1. The maximum absolute atomic E-state index is 13.3. The van der Waals surface area contributed by atoms with Gasteiger partial charge in [-0.05, 0) is 75.9 Å². The van der Waals surface area contributed by atoms with E-state index < -0.39 is 23.5 Å². The molecule has 0 aliphatic carbocycles. The monoisotopic (exact) mass is 426 g/mol. The van der Waals surface area contributed by atoms with Gasteiger partial charge >= 0.3 is 0 Å². The number of likely N-dealkylation sites (tertiary alicyclic amines) is 1. The van der Waals surface area contributed by atoms with Gasteiger partial charge < -0.3 is 19.6 Å². The molecule has 2 aromatic carbocycles. The number of hydrogen-bond donors (Lipinski definition) is 1. The van der Waals surface area contributed by atoms with Gasteiger partial charge in [0.25, 0.3) is 11.7 Å². The summed E-state index contributed by atoms with van der Waals surface area (Å²) >= 11 is 0. The topological polar surface area (TPSA) is 70.1 Å². The molecular formula is C24H27FN2O4. The van der Waals surface area contributed by atoms with Crippen molar-refractivity contribution in [3.63, 3.8) is 0 Å². The molecule has 0 aromatic heterocycles. The molecule has 7 heteroatoms. The Hall–Kier alpha value is -3.19. The minimum atomic E-state index is -0.745. The third kappa shape index (κ3) is 4.94. The fraction of sp³-hybridized carbons (Fsp3) is 0.333. The van der Waals surface area contributed by atoms with Gasteiger partial charge in [0, 0.05) is 12.1 Å². The van der Waals surface area contributed by atoms with Gasteiger partial charge in [0.15, 0.2) is 0 Å². The molecule has 1 aliphatic rings. The summed E-state index contributed by atoms with van der Waals surface area (Å²) in [6.07, 6.45) is 0.671. The van der Waals surface area contributed by atoms with E-state index in [0.717, 1.165) is 6.54 Å². The number of halogens is 1. The lowest BCUT2D eigenvalue weighted by molar-refractivity contribution is -0.139. The average molecular weight is 426 g/mol. The normalized spacial score (nSPS) is 18.1. The van der Waals surface area contributed by atoms with Crippen LogP contribution in [0.4, 0.5) is 4.39 Å². The van der Waals surface area contributed by atoms with Gasteiger partial charge in [-0.3, -0.25) is 9.59 Å². The molecule has 1 fully saturated rings. The minimum absolute atomic E-state index is 0.00520. The first-order valence-corrected chi connectivity index (χ1v) is 10.2. The Labute approximate surface area is 181 Å². The lowest BCUT2D eigenvalue weighted by Gasteiger charge is -2.26. The number of Topliss-reactive ketones (excluding diaryl/α,β-unsaturated/α-hetero) is 1. The van der Waals surface area contributed by atoms with Crippen LogP contribution >= 0.6 is 0 Å². The van der Waals surface area contributed by atoms with Crippen molar-refractivity contribution in [3.8, 4) is 5.75 Å². The zero-order valence-corrected chi connectivity index (χ0v) is 18.0. The molecule has 0 spiro atoms. The van der Waals surface area contributed by atoms with E-state index in [1.165, 1.54) is 29.2 Å². The number of rotatable bonds is 8. The minimum Gasteiger partial charge on any atom is -0.507 e. The summed E-state index contributed by atoms with van der Waals surface area (Å²) in [4.78, 5) is 29.3. The predicted molar refractivity (Wildman–Crippen MR) is 116 cm³/mol. The van der Waals surface area contributed by atoms with Crippen LogP contribution in [0, 0.1) is 5.82 Å². The smallest absolute Gasteiger partial charge is 0.295 e. The molecule has 1 atom stereocenters. The predicted octanol–water partition coefficient (Wildman–Crippen LogP) is 3.60. The van der Waals surface area contributed by atoms with Crippen LogP contribution in [0.1, 0.15) is 30.5 Å². The molecule has 1 saturated heterocycles. The van der Waals surface area contributed by atoms with Crippen LogP contribution in [-0.2, 0) is 9.59 Å². The Bertz CT molecular complexity index is 968. The Morgan fingerprint density at radius 2 is 1.74 bits per heavy atom. The van der Waals surface area contributed by atoms with Crippen molar-refractivity contribution >= 4 is 17.4 Å². The molecule has 1 heterocycles. The quantitative estimate of drug-likeness (QED) is 0.397. The molecule has 3 rings (SSSR count). The number of carbonyl (C=O) groups is 2. The van der Waals surface area contributed by atoms with Gasteiger partial charge in [0.1, 0.15) is 17.3 Å². The average Bonchev–Trinajstić information content (AvgIpc) is 2.99. The summed E-state index contributed by atoms with van der Waals surface area (Å²) in [5, 5.41) is 10.9. The number of aliphatic hydroxyl groups excluding tert-OH is 1. The molecule has 31 heavy (non-hydrogen) atoms. The highest BCUT2D eigenvalue weighted by Crippen LogP contribution is 2.39. The zero-order chi connectivity index (χ0) is 22.5. The molecule has 2 aromatic rings. The van der Waals surface area contributed by atoms with Crippen molar-refractivity contribution < 1.29 is 23.8 Å². The highest BCUT2D eigenvalue weighted by Gasteiger charge is 2.45. The number of amides is 1. The highest BCUT2D eigenvalue weighted by atomic mass is 19.1. The zero-order valence-electron chi connectivity index (χ0n) is 18.0. The third-order valence-electron chi connectivity index (χ3n) is 5.17. The molecule has 0 saturated carbocycles. The second kappa shape index (κ2) is 9.75. The van der Waals surface area contributed by atoms with Crippen LogP contribution in [0.3, 0.4) is 0 Å². The van der Waals surface area contributed by atoms with E-state index in [1.807, 2.05) is 25.9 Å². The number of carbonyl (C=O) groups excluding carboxylic acids is 2. The van der Waals surface area contributed by atoms with Crippen molar-refractivity contribution in [2.75, 3.05) is 33.8 Å². The van der Waals surface area contributed by atoms with E-state index in [4.69, 9.17) is 4.74 Å². The first kappa shape index (κ1) is 22.5. The van der Waals surface area contributed by atoms with Crippen molar-refractivity contribution in [1.29, 1.82) is 0 Å². The molecule has 1 amide bonds. The van der Waals surface area contributed by atoms with Gasteiger partial charge in [-0.25, -0.2) is 4.39 Å². The van der Waals surface area contributed by atoms with E-state index in [1.54, 1.807) is 24.3 Å². The lowest BCUT2D eigenvalue weighted by atomic mass is 9.95. The first-order chi connectivity index (χ1) is 14.8. The summed E-state index contributed by atoms with van der Waals surface area (Å²) in [5.74, 6) is -1.49. The Morgan fingerprint density at radius 3 is 2.32 bits per heavy atom. The Morgan fingerprint density at radius 1 is 1.10 bits per heavy atom. The van der Waals surface area contributed by atoms with E-state index >= 15 is 0 Å². The summed E-state index contributed by atoms with van der Waals surface area (Å²) in [6.45, 7) is 3.51. The molecule has 0 bridgehead atoms. The van der Waals surface area contributed by atoms with Crippen LogP contribution < -0.4 is 4.74 Å². The number of nitrogens with zero attached hydrogens (tertiary/aromatic N) is 2. The van der Waals surface area contributed by atoms with E-state index in [9.17, 15) is 19.1 Å². The SMILES string of the molecule is CCOc1ccc([C@@H]2C(=C(O)c3ccc(F)cc3)C(=O)C(=O)N2CCCN(C)C)cc1. The summed E-state index contributed by atoms with van der Waals surface area (Å²) in [5.41, 5.74) is 0.977.